The van der Waals surface area contributed by atoms with Crippen LogP contribution >= 0.6 is 0 Å². The third-order valence-corrected chi connectivity index (χ3v) is 1.37. The number of hydrazine groups is 1. The van der Waals surface area contributed by atoms with E-state index in [1.165, 1.54) is 6.92 Å². The summed E-state index contributed by atoms with van der Waals surface area (Å²) in [7, 11) is 0. The van der Waals surface area contributed by atoms with Gasteiger partial charge in [0.05, 0.1) is 5.54 Å². The van der Waals surface area contributed by atoms with Crippen molar-refractivity contribution >= 4 is 11.9 Å². The lowest BCUT2D eigenvalue weighted by atomic mass is 10.1. The first-order valence-corrected chi connectivity index (χ1v) is 5.31. The Morgan fingerprint density at radius 1 is 0.941 bits per heavy atom. The van der Waals surface area contributed by atoms with Crippen LogP contribution in [-0.2, 0) is 4.79 Å². The van der Waals surface area contributed by atoms with Crippen molar-refractivity contribution in [1.82, 2.24) is 16.2 Å². The zero-order chi connectivity index (χ0) is 13.7. The predicted octanol–water partition coefficient (Wildman–Crippen LogP) is 1.32. The van der Waals surface area contributed by atoms with Gasteiger partial charge in [-0.15, -0.1) is 0 Å². The lowest BCUT2D eigenvalue weighted by molar-refractivity contribution is -0.119. The first kappa shape index (κ1) is 15.3. The number of hydrogen-bond acceptors (Lipinski definition) is 4. The summed E-state index contributed by atoms with van der Waals surface area (Å²) in [5.74, 6) is -0.353. The van der Waals surface area contributed by atoms with Crippen LogP contribution in [-0.4, -0.2) is 23.1 Å². The summed E-state index contributed by atoms with van der Waals surface area (Å²) in [5.41, 5.74) is 3.22. The van der Waals surface area contributed by atoms with E-state index in [0.717, 1.165) is 0 Å². The predicted molar refractivity (Wildman–Crippen MR) is 64.2 cm³/mol. The molecule has 7 heteroatoms. The van der Waals surface area contributed by atoms with Gasteiger partial charge in [-0.05, 0) is 34.6 Å². The highest BCUT2D eigenvalue weighted by Crippen LogP contribution is 2.12. The second-order valence-corrected chi connectivity index (χ2v) is 5.19. The van der Waals surface area contributed by atoms with Crippen molar-refractivity contribution in [3.8, 4) is 0 Å². The van der Waals surface area contributed by atoms with Crippen LogP contribution in [0, 0.1) is 0 Å². The van der Waals surface area contributed by atoms with Crippen molar-refractivity contribution in [1.29, 1.82) is 0 Å². The van der Waals surface area contributed by atoms with Gasteiger partial charge in [-0.3, -0.25) is 10.2 Å². The van der Waals surface area contributed by atoms with Gasteiger partial charge in [0, 0.05) is 6.92 Å². The molecular formula is C10H21N5O2. The van der Waals surface area contributed by atoms with Gasteiger partial charge >= 0.3 is 6.03 Å². The number of hydrogen-bond donors (Lipinski definition) is 3. The average Bonchev–Trinajstić information content (AvgIpc) is 2.10. The molecule has 0 saturated carbocycles. The molecule has 7 nitrogen and oxygen atoms in total. The molecule has 0 aromatic rings. The molecule has 0 spiro atoms. The molecule has 0 aliphatic carbocycles. The van der Waals surface area contributed by atoms with Crippen molar-refractivity contribution in [2.24, 2.45) is 10.2 Å². The number of urea groups is 1. The summed E-state index contributed by atoms with van der Waals surface area (Å²) in [6.45, 7) is 10.4. The van der Waals surface area contributed by atoms with Crippen LogP contribution in [0.4, 0.5) is 4.79 Å². The van der Waals surface area contributed by atoms with Crippen LogP contribution < -0.4 is 16.2 Å². The number of nitrogens with zero attached hydrogens (tertiary/aromatic N) is 2. The summed E-state index contributed by atoms with van der Waals surface area (Å²) >= 11 is 0. The molecule has 0 heterocycles. The molecule has 0 aliphatic rings. The van der Waals surface area contributed by atoms with Crippen molar-refractivity contribution in [3.05, 3.63) is 0 Å². The van der Waals surface area contributed by atoms with Crippen molar-refractivity contribution in [2.45, 2.75) is 52.7 Å². The molecule has 0 bridgehead atoms. The highest BCUT2D eigenvalue weighted by atomic mass is 16.2. The molecule has 0 fully saturated rings. The Kier molecular flexibility index (Phi) is 5.06. The van der Waals surface area contributed by atoms with E-state index in [4.69, 9.17) is 0 Å². The first-order chi connectivity index (χ1) is 7.52. The summed E-state index contributed by atoms with van der Waals surface area (Å²) < 4.78 is 0. The van der Waals surface area contributed by atoms with E-state index in [1.54, 1.807) is 13.8 Å². The Bertz CT molecular complexity index is 317. The first-order valence-electron chi connectivity index (χ1n) is 5.31. The Balaban J connectivity index is 4.30. The van der Waals surface area contributed by atoms with Crippen molar-refractivity contribution in [2.75, 3.05) is 0 Å². The maximum absolute atomic E-state index is 11.3. The molecule has 0 radical (unpaired) electrons. The summed E-state index contributed by atoms with van der Waals surface area (Å²) in [6.07, 6.45) is 0. The van der Waals surface area contributed by atoms with Gasteiger partial charge in [-0.1, -0.05) is 0 Å². The van der Waals surface area contributed by atoms with Crippen LogP contribution in [0.5, 0.6) is 0 Å². The van der Waals surface area contributed by atoms with Gasteiger partial charge in [0.2, 0.25) is 5.91 Å². The minimum Gasteiger partial charge on any atom is -0.311 e. The van der Waals surface area contributed by atoms with Crippen molar-refractivity contribution in [3.63, 3.8) is 0 Å². The lowest BCUT2D eigenvalue weighted by Gasteiger charge is -2.22. The Morgan fingerprint density at radius 2 is 1.47 bits per heavy atom. The SMILES string of the molecule is CC(=O)NNC(=O)NC(C)(C)N=NC(C)(C)C. The number of amides is 3. The number of rotatable bonds is 2. The van der Waals surface area contributed by atoms with Crippen LogP contribution in [0.1, 0.15) is 41.5 Å². The quantitative estimate of drug-likeness (QED) is 0.504. The van der Waals surface area contributed by atoms with Crippen LogP contribution in [0.15, 0.2) is 10.2 Å². The highest BCUT2D eigenvalue weighted by Gasteiger charge is 2.20. The summed E-state index contributed by atoms with van der Waals surface area (Å²) in [6, 6.07) is -0.543. The minimum atomic E-state index is -0.837. The fourth-order valence-corrected chi connectivity index (χ4v) is 0.754. The van der Waals surface area contributed by atoms with Crippen LogP contribution in [0.25, 0.3) is 0 Å². The third kappa shape index (κ3) is 9.28. The van der Waals surface area contributed by atoms with E-state index in [0.29, 0.717) is 0 Å². The second kappa shape index (κ2) is 5.60. The number of azo groups is 1. The molecule has 98 valence electrons. The van der Waals surface area contributed by atoms with E-state index in [-0.39, 0.29) is 11.4 Å². The normalized spacial score (nSPS) is 12.4. The third-order valence-electron chi connectivity index (χ3n) is 1.37. The molecular weight excluding hydrogens is 222 g/mol. The van der Waals surface area contributed by atoms with Crippen LogP contribution in [0.2, 0.25) is 0 Å². The molecule has 0 saturated heterocycles. The number of carbonyl (C=O) groups is 2. The zero-order valence-electron chi connectivity index (χ0n) is 11.2. The Morgan fingerprint density at radius 3 is 1.88 bits per heavy atom. The zero-order valence-corrected chi connectivity index (χ0v) is 11.2. The molecule has 0 atom stereocenters. The topological polar surface area (TPSA) is 95.0 Å². The van der Waals surface area contributed by atoms with Crippen LogP contribution in [0.3, 0.4) is 0 Å². The Hall–Kier alpha value is -1.66. The van der Waals surface area contributed by atoms with E-state index < -0.39 is 11.7 Å². The fourth-order valence-electron chi connectivity index (χ4n) is 0.754. The monoisotopic (exact) mass is 243 g/mol. The van der Waals surface area contributed by atoms with Gasteiger partial charge in [0.25, 0.3) is 0 Å². The molecule has 0 aromatic carbocycles. The maximum atomic E-state index is 11.3. The molecule has 0 rings (SSSR count). The largest absolute Gasteiger partial charge is 0.335 e. The van der Waals surface area contributed by atoms with Gasteiger partial charge in [-0.2, -0.15) is 10.2 Å². The highest BCUT2D eigenvalue weighted by molar-refractivity contribution is 5.79. The lowest BCUT2D eigenvalue weighted by Crippen LogP contribution is -2.52. The van der Waals surface area contributed by atoms with E-state index >= 15 is 0 Å². The van der Waals surface area contributed by atoms with Crippen molar-refractivity contribution < 1.29 is 9.59 Å². The smallest absolute Gasteiger partial charge is 0.311 e. The second-order valence-electron chi connectivity index (χ2n) is 5.19. The Labute approximate surface area is 101 Å². The van der Waals surface area contributed by atoms with Gasteiger partial charge in [0.1, 0.15) is 5.66 Å². The number of nitrogens with one attached hydrogen (secondary N) is 3. The molecule has 0 unspecified atom stereocenters. The molecule has 0 aliphatic heterocycles. The molecule has 17 heavy (non-hydrogen) atoms. The summed E-state index contributed by atoms with van der Waals surface area (Å²) in [4.78, 5) is 21.9. The molecule has 0 aromatic heterocycles. The minimum absolute atomic E-state index is 0.299. The van der Waals surface area contributed by atoms with E-state index in [1.807, 2.05) is 20.8 Å². The fraction of sp³-hybridized carbons (Fsp3) is 0.800. The van der Waals surface area contributed by atoms with E-state index in [2.05, 4.69) is 26.4 Å². The maximum Gasteiger partial charge on any atom is 0.335 e. The molecule has 3 N–H and O–H groups in total. The standard InChI is InChI=1S/C10H21N5O2/c1-7(16)12-13-8(17)11-10(5,6)15-14-9(2,3)4/h1-6H3,(H,12,16)(H2,11,13,17). The van der Waals surface area contributed by atoms with Gasteiger partial charge in [0.15, 0.2) is 0 Å². The summed E-state index contributed by atoms with van der Waals surface area (Å²) in [5, 5.41) is 10.7. The van der Waals surface area contributed by atoms with Gasteiger partial charge in [-0.25, -0.2) is 10.2 Å². The van der Waals surface area contributed by atoms with Gasteiger partial charge < -0.3 is 5.32 Å². The average molecular weight is 243 g/mol. The van der Waals surface area contributed by atoms with E-state index in [9.17, 15) is 9.59 Å². The molecule has 3 amide bonds. The number of carbonyl (C=O) groups excluding carboxylic acids is 2.